The summed E-state index contributed by atoms with van der Waals surface area (Å²) in [6, 6.07) is 16.7. The van der Waals surface area contributed by atoms with Crippen molar-refractivity contribution in [1.29, 1.82) is 0 Å². The third kappa shape index (κ3) is 4.25. The van der Waals surface area contributed by atoms with Crippen LogP contribution >= 0.6 is 0 Å². The second-order valence-electron chi connectivity index (χ2n) is 5.79. The lowest BCUT2D eigenvalue weighted by Crippen LogP contribution is -2.30. The predicted molar refractivity (Wildman–Crippen MR) is 99.2 cm³/mol. The van der Waals surface area contributed by atoms with Crippen LogP contribution in [0.3, 0.4) is 0 Å². The Morgan fingerprint density at radius 1 is 0.815 bits per heavy atom. The van der Waals surface area contributed by atoms with Crippen molar-refractivity contribution in [2.45, 2.75) is 11.4 Å². The fourth-order valence-electron chi connectivity index (χ4n) is 2.55. The largest absolute Gasteiger partial charge is 0.497 e. The Kier molecular flexibility index (Phi) is 5.41. The molecule has 0 aliphatic carbocycles. The van der Waals surface area contributed by atoms with E-state index >= 15 is 0 Å². The minimum Gasteiger partial charge on any atom is -0.497 e. The van der Waals surface area contributed by atoms with E-state index in [0.29, 0.717) is 17.0 Å². The second kappa shape index (κ2) is 7.75. The summed E-state index contributed by atoms with van der Waals surface area (Å²) in [5.74, 6) is -0.353. The van der Waals surface area contributed by atoms with Crippen LogP contribution in [0.2, 0.25) is 0 Å². The van der Waals surface area contributed by atoms with Gasteiger partial charge in [-0.15, -0.1) is 0 Å². The smallest absolute Gasteiger partial charge is 0.264 e. The highest BCUT2D eigenvalue weighted by Gasteiger charge is 2.25. The lowest BCUT2D eigenvalue weighted by atomic mass is 10.2. The van der Waals surface area contributed by atoms with E-state index in [9.17, 15) is 17.2 Å². The van der Waals surface area contributed by atoms with Gasteiger partial charge in [-0.1, -0.05) is 12.1 Å². The summed E-state index contributed by atoms with van der Waals surface area (Å²) in [4.78, 5) is -0.0539. The van der Waals surface area contributed by atoms with Crippen molar-refractivity contribution >= 4 is 15.7 Å². The van der Waals surface area contributed by atoms with E-state index in [0.717, 1.165) is 16.4 Å². The van der Waals surface area contributed by atoms with E-state index in [2.05, 4.69) is 0 Å². The number of sulfonamides is 1. The molecule has 140 valence electrons. The van der Waals surface area contributed by atoms with Gasteiger partial charge >= 0.3 is 0 Å². The first kappa shape index (κ1) is 18.8. The third-order valence-electron chi connectivity index (χ3n) is 4.00. The molecule has 3 aromatic rings. The highest BCUT2D eigenvalue weighted by Crippen LogP contribution is 2.27. The van der Waals surface area contributed by atoms with Gasteiger partial charge < -0.3 is 4.74 Å². The molecule has 0 aliphatic heterocycles. The van der Waals surface area contributed by atoms with Crippen molar-refractivity contribution in [2.24, 2.45) is 0 Å². The van der Waals surface area contributed by atoms with E-state index in [1.165, 1.54) is 36.4 Å². The lowest BCUT2D eigenvalue weighted by molar-refractivity contribution is 0.414. The zero-order valence-electron chi connectivity index (χ0n) is 14.5. The summed E-state index contributed by atoms with van der Waals surface area (Å²) < 4.78 is 59.0. The SMILES string of the molecule is COc1ccc(CN(c2ccc(F)cc2)S(=O)(=O)c2ccc(F)cc2)cc1. The molecule has 0 aliphatic rings. The van der Waals surface area contributed by atoms with Crippen molar-refractivity contribution in [2.75, 3.05) is 11.4 Å². The van der Waals surface area contributed by atoms with Gasteiger partial charge in [-0.3, -0.25) is 4.31 Å². The Bertz CT molecular complexity index is 1000. The average molecular weight is 389 g/mol. The van der Waals surface area contributed by atoms with Crippen LogP contribution in [0.25, 0.3) is 0 Å². The monoisotopic (exact) mass is 389 g/mol. The standard InChI is InChI=1S/C20H17F2NO3S/c1-26-19-10-2-15(3-11-19)14-23(18-8-4-16(21)5-9-18)27(24,25)20-12-6-17(22)7-13-20/h2-13H,14H2,1H3. The summed E-state index contributed by atoms with van der Waals surface area (Å²) >= 11 is 0. The number of benzene rings is 3. The molecule has 0 saturated heterocycles. The zero-order chi connectivity index (χ0) is 19.4. The van der Waals surface area contributed by atoms with E-state index in [1.54, 1.807) is 31.4 Å². The maximum Gasteiger partial charge on any atom is 0.264 e. The first-order valence-electron chi connectivity index (χ1n) is 8.07. The van der Waals surface area contributed by atoms with Crippen molar-refractivity contribution in [3.05, 3.63) is 90.0 Å². The molecule has 0 amide bonds. The molecular weight excluding hydrogens is 372 g/mol. The molecule has 27 heavy (non-hydrogen) atoms. The third-order valence-corrected chi connectivity index (χ3v) is 5.79. The number of hydrogen-bond donors (Lipinski definition) is 0. The molecule has 3 aromatic carbocycles. The van der Waals surface area contributed by atoms with Gasteiger partial charge in [0, 0.05) is 0 Å². The van der Waals surface area contributed by atoms with E-state index in [1.807, 2.05) is 0 Å². The molecular formula is C20H17F2NO3S. The number of hydrogen-bond acceptors (Lipinski definition) is 3. The maximum absolute atomic E-state index is 13.3. The Balaban J connectivity index is 2.03. The van der Waals surface area contributed by atoms with Crippen molar-refractivity contribution < 1.29 is 21.9 Å². The molecule has 0 bridgehead atoms. The minimum atomic E-state index is -3.98. The van der Waals surface area contributed by atoms with Crippen LogP contribution in [0.5, 0.6) is 5.75 Å². The zero-order valence-corrected chi connectivity index (χ0v) is 15.3. The van der Waals surface area contributed by atoms with Crippen LogP contribution in [0, 0.1) is 11.6 Å². The van der Waals surface area contributed by atoms with Gasteiger partial charge in [0.1, 0.15) is 17.4 Å². The Labute approximate surface area is 156 Å². The quantitative estimate of drug-likeness (QED) is 0.629. The van der Waals surface area contributed by atoms with Gasteiger partial charge in [-0.2, -0.15) is 0 Å². The molecule has 0 saturated carbocycles. The molecule has 7 heteroatoms. The van der Waals surface area contributed by atoms with Gasteiger partial charge in [0.2, 0.25) is 0 Å². The van der Waals surface area contributed by atoms with Gasteiger partial charge in [-0.25, -0.2) is 17.2 Å². The summed E-state index contributed by atoms with van der Waals surface area (Å²) in [6.07, 6.45) is 0. The van der Waals surface area contributed by atoms with Crippen LogP contribution in [0.4, 0.5) is 14.5 Å². The van der Waals surface area contributed by atoms with Crippen LogP contribution < -0.4 is 9.04 Å². The Hall–Kier alpha value is -2.93. The van der Waals surface area contributed by atoms with Crippen molar-refractivity contribution in [3.8, 4) is 5.75 Å². The number of rotatable bonds is 6. The second-order valence-corrected chi connectivity index (χ2v) is 7.65. The molecule has 3 rings (SSSR count). The number of nitrogens with zero attached hydrogens (tertiary/aromatic N) is 1. The fourth-order valence-corrected chi connectivity index (χ4v) is 4.01. The molecule has 0 fully saturated rings. The minimum absolute atomic E-state index is 0.0232. The molecule has 4 nitrogen and oxygen atoms in total. The van der Waals surface area contributed by atoms with Crippen LogP contribution in [-0.2, 0) is 16.6 Å². The normalized spacial score (nSPS) is 11.2. The van der Waals surface area contributed by atoms with E-state index in [4.69, 9.17) is 4.74 Å². The highest BCUT2D eigenvalue weighted by atomic mass is 32.2. The topological polar surface area (TPSA) is 46.6 Å². The highest BCUT2D eigenvalue weighted by molar-refractivity contribution is 7.92. The van der Waals surface area contributed by atoms with Gasteiger partial charge in [0.15, 0.2) is 0 Å². The Morgan fingerprint density at radius 3 is 1.85 bits per heavy atom. The Morgan fingerprint density at radius 2 is 1.33 bits per heavy atom. The molecule has 0 heterocycles. The number of anilines is 1. The summed E-state index contributed by atoms with van der Waals surface area (Å²) in [6.45, 7) is 0.0232. The van der Waals surface area contributed by atoms with Crippen LogP contribution in [0.15, 0.2) is 77.7 Å². The first-order valence-corrected chi connectivity index (χ1v) is 9.51. The number of methoxy groups -OCH3 is 1. The molecule has 0 radical (unpaired) electrons. The first-order chi connectivity index (χ1) is 12.9. The summed E-state index contributed by atoms with van der Waals surface area (Å²) in [5, 5.41) is 0. The van der Waals surface area contributed by atoms with Crippen molar-refractivity contribution in [3.63, 3.8) is 0 Å². The average Bonchev–Trinajstić information content (AvgIpc) is 2.68. The van der Waals surface area contributed by atoms with Gasteiger partial charge in [0.05, 0.1) is 24.2 Å². The molecule has 0 aromatic heterocycles. The van der Waals surface area contributed by atoms with Gasteiger partial charge in [-0.05, 0) is 66.2 Å². The van der Waals surface area contributed by atoms with Crippen LogP contribution in [-0.4, -0.2) is 15.5 Å². The van der Waals surface area contributed by atoms with Crippen LogP contribution in [0.1, 0.15) is 5.56 Å². The number of ether oxygens (including phenoxy) is 1. The summed E-state index contributed by atoms with van der Waals surface area (Å²) in [7, 11) is -2.44. The fraction of sp³-hybridized carbons (Fsp3) is 0.100. The molecule has 0 unspecified atom stereocenters. The van der Waals surface area contributed by atoms with E-state index in [-0.39, 0.29) is 11.4 Å². The summed E-state index contributed by atoms with van der Waals surface area (Å²) in [5.41, 5.74) is 1.02. The molecule has 0 spiro atoms. The predicted octanol–water partition coefficient (Wildman–Crippen LogP) is 4.37. The lowest BCUT2D eigenvalue weighted by Gasteiger charge is -2.25. The van der Waals surface area contributed by atoms with Crippen molar-refractivity contribution in [1.82, 2.24) is 0 Å². The van der Waals surface area contributed by atoms with E-state index < -0.39 is 21.7 Å². The maximum atomic E-state index is 13.3. The molecule has 0 N–H and O–H groups in total. The van der Waals surface area contributed by atoms with Gasteiger partial charge in [0.25, 0.3) is 10.0 Å². The molecule has 0 atom stereocenters. The number of halogens is 2.